The first-order valence-electron chi connectivity index (χ1n) is 4.28. The maximum Gasteiger partial charge on any atom is 0.0794 e. The van der Waals surface area contributed by atoms with Gasteiger partial charge in [0.1, 0.15) is 0 Å². The largest absolute Gasteiger partial charge is 0.253 e. The standard InChI is InChI=1S/C9H12BrNS/c10-6-9(2-1-3-9)4-8-5-11-7-12-8/h5,7H,1-4,6H2. The minimum absolute atomic E-state index is 0.576. The van der Waals surface area contributed by atoms with Gasteiger partial charge in [0, 0.05) is 16.4 Å². The minimum Gasteiger partial charge on any atom is -0.253 e. The van der Waals surface area contributed by atoms with E-state index in [0.29, 0.717) is 5.41 Å². The molecule has 0 radical (unpaired) electrons. The molecule has 12 heavy (non-hydrogen) atoms. The summed E-state index contributed by atoms with van der Waals surface area (Å²) in [5.41, 5.74) is 2.50. The number of hydrogen-bond donors (Lipinski definition) is 0. The lowest BCUT2D eigenvalue weighted by Crippen LogP contribution is -2.33. The summed E-state index contributed by atoms with van der Waals surface area (Å²) in [6.45, 7) is 0. The molecule has 2 rings (SSSR count). The smallest absolute Gasteiger partial charge is 0.0794 e. The van der Waals surface area contributed by atoms with Crippen LogP contribution in [0.4, 0.5) is 0 Å². The molecule has 1 aromatic rings. The van der Waals surface area contributed by atoms with Crippen molar-refractivity contribution in [2.45, 2.75) is 25.7 Å². The molecule has 0 aromatic carbocycles. The monoisotopic (exact) mass is 245 g/mol. The number of thiazole rings is 1. The van der Waals surface area contributed by atoms with Crippen LogP contribution in [0.25, 0.3) is 0 Å². The summed E-state index contributed by atoms with van der Waals surface area (Å²) >= 11 is 5.40. The van der Waals surface area contributed by atoms with Gasteiger partial charge >= 0.3 is 0 Å². The molecule has 1 nitrogen and oxygen atoms in total. The van der Waals surface area contributed by atoms with Crippen molar-refractivity contribution in [3.8, 4) is 0 Å². The lowest BCUT2D eigenvalue weighted by atomic mass is 9.68. The Kier molecular flexibility index (Phi) is 2.51. The number of halogens is 1. The quantitative estimate of drug-likeness (QED) is 0.746. The van der Waals surface area contributed by atoms with Gasteiger partial charge in [0.05, 0.1) is 5.51 Å². The number of aromatic nitrogens is 1. The van der Waals surface area contributed by atoms with Crippen LogP contribution in [0.2, 0.25) is 0 Å². The Bertz CT molecular complexity index is 236. The van der Waals surface area contributed by atoms with Gasteiger partial charge < -0.3 is 0 Å². The Morgan fingerprint density at radius 1 is 1.58 bits per heavy atom. The second-order valence-electron chi connectivity index (χ2n) is 3.63. The average Bonchev–Trinajstić information content (AvgIpc) is 2.49. The van der Waals surface area contributed by atoms with Crippen LogP contribution in [0.1, 0.15) is 24.1 Å². The first kappa shape index (κ1) is 8.70. The molecule has 0 unspecified atom stereocenters. The first-order valence-corrected chi connectivity index (χ1v) is 6.28. The number of nitrogens with zero attached hydrogens (tertiary/aromatic N) is 1. The Morgan fingerprint density at radius 2 is 2.42 bits per heavy atom. The summed E-state index contributed by atoms with van der Waals surface area (Å²) in [5.74, 6) is 0. The molecule has 0 aliphatic heterocycles. The predicted octanol–water partition coefficient (Wildman–Crippen LogP) is 3.25. The molecule has 3 heteroatoms. The summed E-state index contributed by atoms with van der Waals surface area (Å²) < 4.78 is 0. The first-order chi connectivity index (χ1) is 5.85. The number of alkyl halides is 1. The molecule has 1 aliphatic carbocycles. The highest BCUT2D eigenvalue weighted by Crippen LogP contribution is 2.45. The molecular weight excluding hydrogens is 234 g/mol. The zero-order valence-electron chi connectivity index (χ0n) is 6.92. The van der Waals surface area contributed by atoms with Crippen molar-refractivity contribution in [1.82, 2.24) is 4.98 Å². The van der Waals surface area contributed by atoms with Crippen molar-refractivity contribution in [3.63, 3.8) is 0 Å². The lowest BCUT2D eigenvalue weighted by Gasteiger charge is -2.40. The third-order valence-electron chi connectivity index (χ3n) is 2.73. The van der Waals surface area contributed by atoms with Crippen LogP contribution in [-0.2, 0) is 6.42 Å². The molecule has 1 aromatic heterocycles. The molecule has 66 valence electrons. The summed E-state index contributed by atoms with van der Waals surface area (Å²) in [5, 5.41) is 1.15. The van der Waals surface area contributed by atoms with Gasteiger partial charge in [-0.25, -0.2) is 0 Å². The maximum absolute atomic E-state index is 4.10. The van der Waals surface area contributed by atoms with E-state index in [1.807, 2.05) is 11.7 Å². The fourth-order valence-corrected chi connectivity index (χ4v) is 3.26. The summed E-state index contributed by atoms with van der Waals surface area (Å²) in [6, 6.07) is 0. The molecule has 0 amide bonds. The second kappa shape index (κ2) is 3.46. The molecule has 0 N–H and O–H groups in total. The predicted molar refractivity (Wildman–Crippen MR) is 55.9 cm³/mol. The van der Waals surface area contributed by atoms with Crippen LogP contribution in [0.15, 0.2) is 11.7 Å². The fourth-order valence-electron chi connectivity index (χ4n) is 1.73. The van der Waals surface area contributed by atoms with Gasteiger partial charge in [-0.3, -0.25) is 4.98 Å². The van der Waals surface area contributed by atoms with Crippen LogP contribution in [-0.4, -0.2) is 10.3 Å². The number of rotatable bonds is 3. The summed E-state index contributed by atoms with van der Waals surface area (Å²) in [7, 11) is 0. The molecule has 1 saturated carbocycles. The van der Waals surface area contributed by atoms with Crippen LogP contribution in [0.3, 0.4) is 0 Å². The van der Waals surface area contributed by atoms with Crippen LogP contribution >= 0.6 is 27.3 Å². The topological polar surface area (TPSA) is 12.9 Å². The third-order valence-corrected chi connectivity index (χ3v) is 4.70. The van der Waals surface area contributed by atoms with Crippen molar-refractivity contribution >= 4 is 27.3 Å². The van der Waals surface area contributed by atoms with Crippen molar-refractivity contribution < 1.29 is 0 Å². The maximum atomic E-state index is 4.10. The van der Waals surface area contributed by atoms with Gasteiger partial charge in [-0.1, -0.05) is 22.4 Å². The van der Waals surface area contributed by atoms with E-state index in [1.165, 1.54) is 30.6 Å². The summed E-state index contributed by atoms with van der Waals surface area (Å²) in [6.07, 6.45) is 7.41. The van der Waals surface area contributed by atoms with E-state index in [1.54, 1.807) is 11.3 Å². The minimum atomic E-state index is 0.576. The van der Waals surface area contributed by atoms with Crippen LogP contribution in [0.5, 0.6) is 0 Å². The Morgan fingerprint density at radius 3 is 2.83 bits per heavy atom. The van der Waals surface area contributed by atoms with Crippen molar-refractivity contribution in [2.75, 3.05) is 5.33 Å². The van der Waals surface area contributed by atoms with Gasteiger partial charge in [-0.2, -0.15) is 0 Å². The Labute approximate surface area is 85.3 Å². The van der Waals surface area contributed by atoms with E-state index in [4.69, 9.17) is 0 Å². The van der Waals surface area contributed by atoms with E-state index in [2.05, 4.69) is 20.9 Å². The highest BCUT2D eigenvalue weighted by Gasteiger charge is 2.36. The van der Waals surface area contributed by atoms with E-state index in [0.717, 1.165) is 5.33 Å². The zero-order chi connectivity index (χ0) is 8.44. The van der Waals surface area contributed by atoms with Crippen LogP contribution < -0.4 is 0 Å². The molecule has 0 saturated heterocycles. The normalized spacial score (nSPS) is 20.4. The SMILES string of the molecule is BrCC1(Cc2cncs2)CCC1. The van der Waals surface area contributed by atoms with Crippen molar-refractivity contribution in [1.29, 1.82) is 0 Å². The molecule has 0 spiro atoms. The molecule has 1 heterocycles. The highest BCUT2D eigenvalue weighted by molar-refractivity contribution is 9.09. The zero-order valence-corrected chi connectivity index (χ0v) is 9.33. The van der Waals surface area contributed by atoms with Crippen LogP contribution in [0, 0.1) is 5.41 Å². The molecular formula is C9H12BrNS. The highest BCUT2D eigenvalue weighted by atomic mass is 79.9. The Balaban J connectivity index is 2.01. The lowest BCUT2D eigenvalue weighted by molar-refractivity contribution is 0.171. The van der Waals surface area contributed by atoms with E-state index in [-0.39, 0.29) is 0 Å². The average molecular weight is 246 g/mol. The van der Waals surface area contributed by atoms with Gasteiger partial charge in [0.25, 0.3) is 0 Å². The third kappa shape index (κ3) is 1.57. The van der Waals surface area contributed by atoms with E-state index < -0.39 is 0 Å². The second-order valence-corrected chi connectivity index (χ2v) is 5.16. The van der Waals surface area contributed by atoms with Crippen molar-refractivity contribution in [2.24, 2.45) is 5.41 Å². The number of hydrogen-bond acceptors (Lipinski definition) is 2. The van der Waals surface area contributed by atoms with Gasteiger partial charge in [0.2, 0.25) is 0 Å². The molecule has 1 fully saturated rings. The summed E-state index contributed by atoms with van der Waals surface area (Å²) in [4.78, 5) is 5.54. The van der Waals surface area contributed by atoms with Crippen molar-refractivity contribution in [3.05, 3.63) is 16.6 Å². The van der Waals surface area contributed by atoms with Gasteiger partial charge in [0.15, 0.2) is 0 Å². The Hall–Kier alpha value is 0.110. The van der Waals surface area contributed by atoms with Gasteiger partial charge in [-0.15, -0.1) is 11.3 Å². The van der Waals surface area contributed by atoms with Gasteiger partial charge in [-0.05, 0) is 24.7 Å². The molecule has 1 aliphatic rings. The fraction of sp³-hybridized carbons (Fsp3) is 0.667. The van der Waals surface area contributed by atoms with E-state index >= 15 is 0 Å². The van der Waals surface area contributed by atoms with E-state index in [9.17, 15) is 0 Å². The molecule has 0 atom stereocenters. The molecule has 0 bridgehead atoms.